The molecule has 4 nitrogen and oxygen atoms in total. The molecule has 1 aromatic rings. The molecule has 3 rings (SSSR count). The number of halogens is 1. The number of aromatic nitrogens is 2. The normalized spacial score (nSPS) is 21.9. The summed E-state index contributed by atoms with van der Waals surface area (Å²) in [5.74, 6) is 0.501. The Labute approximate surface area is 140 Å². The van der Waals surface area contributed by atoms with E-state index in [1.54, 1.807) is 6.20 Å². The van der Waals surface area contributed by atoms with Crippen LogP contribution in [0.2, 0.25) is 0 Å². The minimum atomic E-state index is -0.0459. The van der Waals surface area contributed by atoms with E-state index in [1.807, 2.05) is 10.9 Å². The third-order valence-corrected chi connectivity index (χ3v) is 5.49. The van der Waals surface area contributed by atoms with Gasteiger partial charge in [-0.15, -0.1) is 0 Å². The van der Waals surface area contributed by atoms with Gasteiger partial charge in [-0.25, -0.2) is 0 Å². The van der Waals surface area contributed by atoms with E-state index in [0.29, 0.717) is 12.3 Å². The molecule has 0 amide bonds. The smallest absolute Gasteiger partial charge is 0.308 e. The summed E-state index contributed by atoms with van der Waals surface area (Å²) in [5, 5.41) is 4.42. The summed E-state index contributed by atoms with van der Waals surface area (Å²) < 4.78 is 8.65. The summed E-state index contributed by atoms with van der Waals surface area (Å²) in [5.41, 5.74) is 0. The Balaban J connectivity index is 1.62. The maximum absolute atomic E-state index is 12.4. The topological polar surface area (TPSA) is 44.1 Å². The highest BCUT2D eigenvalue weighted by molar-refractivity contribution is 9.10. The van der Waals surface area contributed by atoms with Crippen LogP contribution in [0.4, 0.5) is 0 Å². The summed E-state index contributed by atoms with van der Waals surface area (Å²) >= 11 is 3.46. The van der Waals surface area contributed by atoms with Crippen LogP contribution < -0.4 is 0 Å². The molecule has 2 aliphatic carbocycles. The van der Waals surface area contributed by atoms with Crippen molar-refractivity contribution in [2.75, 3.05) is 0 Å². The molecular weight excluding hydrogens is 344 g/mol. The van der Waals surface area contributed by atoms with Crippen LogP contribution in [-0.4, -0.2) is 21.9 Å². The molecular formula is C17H25BrN2O2. The lowest BCUT2D eigenvalue weighted by Gasteiger charge is -2.26. The maximum Gasteiger partial charge on any atom is 0.308 e. The van der Waals surface area contributed by atoms with Gasteiger partial charge in [0.15, 0.2) is 0 Å². The quantitative estimate of drug-likeness (QED) is 0.710. The zero-order valence-corrected chi connectivity index (χ0v) is 14.6. The first kappa shape index (κ1) is 16.0. The standard InChI is InChI=1S/C17H25BrN2O2/c18-14-11-19-20(12-14)16(13-6-4-5-7-13)10-17(21)22-15-8-2-1-3-9-15/h11-13,15-16H,1-10H2. The van der Waals surface area contributed by atoms with Crippen LogP contribution in [0.1, 0.15) is 70.3 Å². The van der Waals surface area contributed by atoms with Crippen molar-refractivity contribution in [3.05, 3.63) is 16.9 Å². The highest BCUT2D eigenvalue weighted by Crippen LogP contribution is 2.36. The molecule has 1 heterocycles. The van der Waals surface area contributed by atoms with Gasteiger partial charge in [0, 0.05) is 6.20 Å². The number of rotatable bonds is 5. The fourth-order valence-electron chi connectivity index (χ4n) is 3.90. The van der Waals surface area contributed by atoms with Crippen molar-refractivity contribution in [1.82, 2.24) is 9.78 Å². The fraction of sp³-hybridized carbons (Fsp3) is 0.765. The second kappa shape index (κ2) is 7.62. The predicted octanol–water partition coefficient (Wildman–Crippen LogP) is 4.64. The summed E-state index contributed by atoms with van der Waals surface area (Å²) in [6, 6.07) is 0.143. The van der Waals surface area contributed by atoms with Gasteiger partial charge in [-0.3, -0.25) is 9.48 Å². The van der Waals surface area contributed by atoms with E-state index < -0.39 is 0 Å². The number of nitrogens with zero attached hydrogens (tertiary/aromatic N) is 2. The Kier molecular flexibility index (Phi) is 5.55. The lowest BCUT2D eigenvalue weighted by Crippen LogP contribution is -2.26. The summed E-state index contributed by atoms with van der Waals surface area (Å²) in [7, 11) is 0. The average Bonchev–Trinajstić information content (AvgIpc) is 3.17. The Morgan fingerprint density at radius 1 is 1.23 bits per heavy atom. The molecule has 0 aromatic carbocycles. The predicted molar refractivity (Wildman–Crippen MR) is 88.5 cm³/mol. The van der Waals surface area contributed by atoms with E-state index >= 15 is 0 Å². The van der Waals surface area contributed by atoms with Crippen LogP contribution in [-0.2, 0) is 9.53 Å². The minimum Gasteiger partial charge on any atom is -0.462 e. The second-order valence-electron chi connectivity index (χ2n) is 6.70. The van der Waals surface area contributed by atoms with E-state index in [4.69, 9.17) is 4.74 Å². The molecule has 0 aliphatic heterocycles. The number of ether oxygens (including phenoxy) is 1. The Morgan fingerprint density at radius 2 is 1.91 bits per heavy atom. The lowest BCUT2D eigenvalue weighted by molar-refractivity contribution is -0.152. The number of carbonyl (C=O) groups excluding carboxylic acids is 1. The van der Waals surface area contributed by atoms with Crippen LogP contribution >= 0.6 is 15.9 Å². The second-order valence-corrected chi connectivity index (χ2v) is 7.62. The maximum atomic E-state index is 12.4. The number of hydrogen-bond donors (Lipinski definition) is 0. The monoisotopic (exact) mass is 368 g/mol. The molecule has 1 unspecified atom stereocenters. The summed E-state index contributed by atoms with van der Waals surface area (Å²) in [6.07, 6.45) is 15.0. The molecule has 1 aromatic heterocycles. The first-order valence-electron chi connectivity index (χ1n) is 8.61. The zero-order chi connectivity index (χ0) is 15.4. The molecule has 2 fully saturated rings. The third kappa shape index (κ3) is 4.12. The van der Waals surface area contributed by atoms with Crippen molar-refractivity contribution >= 4 is 21.9 Å². The van der Waals surface area contributed by atoms with Gasteiger partial charge in [0.05, 0.1) is 23.1 Å². The third-order valence-electron chi connectivity index (χ3n) is 5.08. The van der Waals surface area contributed by atoms with Gasteiger partial charge in [-0.1, -0.05) is 19.3 Å². The molecule has 1 atom stereocenters. The van der Waals surface area contributed by atoms with E-state index in [0.717, 1.165) is 17.3 Å². The van der Waals surface area contributed by atoms with Crippen molar-refractivity contribution in [3.8, 4) is 0 Å². The van der Waals surface area contributed by atoms with Crippen LogP contribution in [0.15, 0.2) is 16.9 Å². The first-order valence-corrected chi connectivity index (χ1v) is 9.41. The molecule has 0 spiro atoms. The van der Waals surface area contributed by atoms with Gasteiger partial charge < -0.3 is 4.74 Å². The zero-order valence-electron chi connectivity index (χ0n) is 13.0. The molecule has 0 N–H and O–H groups in total. The van der Waals surface area contributed by atoms with Crippen LogP contribution in [0.25, 0.3) is 0 Å². The van der Waals surface area contributed by atoms with Gasteiger partial charge in [-0.2, -0.15) is 5.10 Å². The van der Waals surface area contributed by atoms with Crippen LogP contribution in [0.5, 0.6) is 0 Å². The van der Waals surface area contributed by atoms with Gasteiger partial charge in [0.2, 0.25) is 0 Å². The van der Waals surface area contributed by atoms with E-state index in [-0.39, 0.29) is 18.1 Å². The fourth-order valence-corrected chi connectivity index (χ4v) is 4.20. The Morgan fingerprint density at radius 3 is 2.55 bits per heavy atom. The van der Waals surface area contributed by atoms with Gasteiger partial charge in [-0.05, 0) is 60.4 Å². The highest BCUT2D eigenvalue weighted by atomic mass is 79.9. The molecule has 0 saturated heterocycles. The highest BCUT2D eigenvalue weighted by Gasteiger charge is 2.30. The van der Waals surface area contributed by atoms with Crippen molar-refractivity contribution in [1.29, 1.82) is 0 Å². The van der Waals surface area contributed by atoms with Crippen molar-refractivity contribution < 1.29 is 9.53 Å². The molecule has 2 saturated carbocycles. The number of carbonyl (C=O) groups is 1. The molecule has 2 aliphatic rings. The molecule has 0 radical (unpaired) electrons. The first-order chi connectivity index (χ1) is 10.7. The van der Waals surface area contributed by atoms with E-state index in [9.17, 15) is 4.79 Å². The molecule has 122 valence electrons. The van der Waals surface area contributed by atoms with Crippen molar-refractivity contribution in [2.45, 2.75) is 76.4 Å². The van der Waals surface area contributed by atoms with E-state index in [2.05, 4.69) is 21.0 Å². The number of esters is 1. The Bertz CT molecular complexity index is 491. The van der Waals surface area contributed by atoms with Crippen LogP contribution in [0, 0.1) is 5.92 Å². The van der Waals surface area contributed by atoms with E-state index in [1.165, 1.54) is 44.9 Å². The Hall–Kier alpha value is -0.840. The van der Waals surface area contributed by atoms with Crippen molar-refractivity contribution in [3.63, 3.8) is 0 Å². The largest absolute Gasteiger partial charge is 0.462 e. The molecule has 22 heavy (non-hydrogen) atoms. The van der Waals surface area contributed by atoms with Gasteiger partial charge in [0.1, 0.15) is 6.10 Å². The average molecular weight is 369 g/mol. The summed E-state index contributed by atoms with van der Waals surface area (Å²) in [4.78, 5) is 12.4. The van der Waals surface area contributed by atoms with Crippen molar-refractivity contribution in [2.24, 2.45) is 5.92 Å². The molecule has 0 bridgehead atoms. The number of hydrogen-bond acceptors (Lipinski definition) is 3. The minimum absolute atomic E-state index is 0.0459. The van der Waals surface area contributed by atoms with Crippen LogP contribution in [0.3, 0.4) is 0 Å². The lowest BCUT2D eigenvalue weighted by atomic mass is 9.95. The van der Waals surface area contributed by atoms with Gasteiger partial charge in [0.25, 0.3) is 0 Å². The molecule has 5 heteroatoms. The summed E-state index contributed by atoms with van der Waals surface area (Å²) in [6.45, 7) is 0. The van der Waals surface area contributed by atoms with Gasteiger partial charge >= 0.3 is 5.97 Å². The SMILES string of the molecule is O=C(CC(C1CCCC1)n1cc(Br)cn1)OC1CCCCC1.